The molecule has 12 heteroatoms. The molecule has 0 aliphatic carbocycles. The van der Waals surface area contributed by atoms with Crippen LogP contribution in [0, 0.1) is 5.82 Å². The number of nitrogens with zero attached hydrogens (tertiary/aromatic N) is 2. The monoisotopic (exact) mass is 672 g/mol. The summed E-state index contributed by atoms with van der Waals surface area (Å²) in [5.74, 6) is -1.15. The van der Waals surface area contributed by atoms with E-state index in [4.69, 9.17) is 16.3 Å². The minimum atomic E-state index is -3.96. The minimum absolute atomic E-state index is 0.0569. The lowest BCUT2D eigenvalue weighted by Gasteiger charge is -2.31. The van der Waals surface area contributed by atoms with Crippen molar-refractivity contribution in [3.8, 4) is 5.75 Å². The van der Waals surface area contributed by atoms with Crippen LogP contribution in [0.2, 0.25) is 5.02 Å². The Balaban J connectivity index is 1.35. The number of carbonyl (C=O) groups excluding carboxylic acids is 2. The minimum Gasteiger partial charge on any atom is -0.484 e. The molecule has 2 N–H and O–H groups in total. The van der Waals surface area contributed by atoms with Gasteiger partial charge >= 0.3 is 0 Å². The van der Waals surface area contributed by atoms with Gasteiger partial charge in [-0.1, -0.05) is 60.1 Å². The summed E-state index contributed by atoms with van der Waals surface area (Å²) >= 11 is 6.10. The molecule has 0 aliphatic rings. The summed E-state index contributed by atoms with van der Waals surface area (Å²) in [5, 5.41) is 3.43. The van der Waals surface area contributed by atoms with E-state index in [1.54, 1.807) is 66.9 Å². The molecule has 4 aromatic carbocycles. The number of anilines is 1. The van der Waals surface area contributed by atoms with E-state index >= 15 is 0 Å². The van der Waals surface area contributed by atoms with Gasteiger partial charge in [-0.2, -0.15) is 0 Å². The Kier molecular flexibility index (Phi) is 10.8. The van der Waals surface area contributed by atoms with Crippen molar-refractivity contribution < 1.29 is 27.1 Å². The topological polar surface area (TPSA) is 118 Å². The lowest BCUT2D eigenvalue weighted by Crippen LogP contribution is -2.45. The SMILES string of the molecule is O=C(NCc1ccccn1)[C@@H](c1ccccc1)N(Cc1ccc(Cl)cc1)C(=O)COc1ccc(S(=O)(=O)Nc2ccc(F)cc2)cc1. The summed E-state index contributed by atoms with van der Waals surface area (Å²) in [6, 6.07) is 30.7. The Morgan fingerprint density at radius 2 is 1.53 bits per heavy atom. The molecule has 0 spiro atoms. The predicted octanol–water partition coefficient (Wildman–Crippen LogP) is 6.14. The number of ether oxygens (including phenoxy) is 1. The molecule has 240 valence electrons. The van der Waals surface area contributed by atoms with Crippen LogP contribution >= 0.6 is 11.6 Å². The van der Waals surface area contributed by atoms with Crippen LogP contribution in [0.1, 0.15) is 22.9 Å². The Morgan fingerprint density at radius 1 is 0.851 bits per heavy atom. The highest BCUT2D eigenvalue weighted by atomic mass is 35.5. The molecule has 2 amide bonds. The van der Waals surface area contributed by atoms with Crippen LogP contribution in [-0.4, -0.2) is 36.7 Å². The summed E-state index contributed by atoms with van der Waals surface area (Å²) in [6.07, 6.45) is 1.63. The second-order valence-corrected chi connectivity index (χ2v) is 12.5. The Morgan fingerprint density at radius 3 is 2.19 bits per heavy atom. The fourth-order valence-corrected chi connectivity index (χ4v) is 5.85. The number of hydrogen-bond acceptors (Lipinski definition) is 6. The Labute approximate surface area is 277 Å². The van der Waals surface area contributed by atoms with Crippen LogP contribution in [0.3, 0.4) is 0 Å². The number of hydrogen-bond donors (Lipinski definition) is 2. The molecule has 5 rings (SSSR count). The van der Waals surface area contributed by atoms with Crippen molar-refractivity contribution in [2.45, 2.75) is 24.0 Å². The molecule has 0 fully saturated rings. The Bertz CT molecular complexity index is 1900. The van der Waals surface area contributed by atoms with Crippen LogP contribution in [0.4, 0.5) is 10.1 Å². The van der Waals surface area contributed by atoms with Gasteiger partial charge in [0.15, 0.2) is 6.61 Å². The summed E-state index contributed by atoms with van der Waals surface area (Å²) in [7, 11) is -3.96. The average molecular weight is 673 g/mol. The molecule has 0 unspecified atom stereocenters. The molecule has 0 aliphatic heterocycles. The maximum absolute atomic E-state index is 13.9. The van der Waals surface area contributed by atoms with Crippen molar-refractivity contribution in [2.75, 3.05) is 11.3 Å². The molecule has 1 heterocycles. The summed E-state index contributed by atoms with van der Waals surface area (Å²) < 4.78 is 47.0. The normalized spacial score (nSPS) is 11.7. The second kappa shape index (κ2) is 15.4. The maximum Gasteiger partial charge on any atom is 0.261 e. The summed E-state index contributed by atoms with van der Waals surface area (Å²) in [4.78, 5) is 33.3. The van der Waals surface area contributed by atoms with Gasteiger partial charge in [0.25, 0.3) is 15.9 Å². The highest BCUT2D eigenvalue weighted by Gasteiger charge is 2.32. The number of amides is 2. The number of nitrogens with one attached hydrogen (secondary N) is 2. The molecule has 0 saturated carbocycles. The van der Waals surface area contributed by atoms with Crippen molar-refractivity contribution in [3.05, 3.63) is 155 Å². The molecule has 0 radical (unpaired) electrons. The van der Waals surface area contributed by atoms with Crippen molar-refractivity contribution in [2.24, 2.45) is 0 Å². The van der Waals surface area contributed by atoms with Crippen LogP contribution in [-0.2, 0) is 32.7 Å². The van der Waals surface area contributed by atoms with Crippen LogP contribution < -0.4 is 14.8 Å². The Hall–Kier alpha value is -5.26. The first-order chi connectivity index (χ1) is 22.7. The van der Waals surface area contributed by atoms with Gasteiger partial charge in [0.2, 0.25) is 5.91 Å². The van der Waals surface area contributed by atoms with Gasteiger partial charge in [-0.3, -0.25) is 19.3 Å². The lowest BCUT2D eigenvalue weighted by atomic mass is 10.0. The zero-order valence-corrected chi connectivity index (χ0v) is 26.5. The highest BCUT2D eigenvalue weighted by molar-refractivity contribution is 7.92. The van der Waals surface area contributed by atoms with Gasteiger partial charge in [-0.25, -0.2) is 12.8 Å². The third kappa shape index (κ3) is 9.15. The third-order valence-corrected chi connectivity index (χ3v) is 8.67. The second-order valence-electron chi connectivity index (χ2n) is 10.4. The van der Waals surface area contributed by atoms with E-state index in [0.717, 1.165) is 17.7 Å². The number of benzene rings is 4. The number of sulfonamides is 1. The number of pyridine rings is 1. The van der Waals surface area contributed by atoms with E-state index < -0.39 is 40.3 Å². The maximum atomic E-state index is 13.9. The molecule has 0 saturated heterocycles. The van der Waals surface area contributed by atoms with Gasteiger partial charge < -0.3 is 15.0 Å². The molecule has 1 aromatic heterocycles. The van der Waals surface area contributed by atoms with E-state index in [1.807, 2.05) is 12.1 Å². The molecule has 0 bridgehead atoms. The molecule has 1 atom stereocenters. The largest absolute Gasteiger partial charge is 0.484 e. The van der Waals surface area contributed by atoms with Crippen molar-refractivity contribution in [1.82, 2.24) is 15.2 Å². The highest BCUT2D eigenvalue weighted by Crippen LogP contribution is 2.26. The van der Waals surface area contributed by atoms with Gasteiger partial charge in [-0.15, -0.1) is 0 Å². The van der Waals surface area contributed by atoms with Gasteiger partial charge in [0.05, 0.1) is 17.1 Å². The standard InChI is InChI=1S/C35H30ClFN4O5S/c36-27-11-9-25(10-12-27)23-41(34(26-6-2-1-3-7-26)35(43)39-22-30-8-4-5-21-38-30)33(42)24-46-31-17-19-32(20-18-31)47(44,45)40-29-15-13-28(37)14-16-29/h1-21,34,40H,22-24H2,(H,39,43)/t34-/m1/s1. The molecule has 5 aromatic rings. The average Bonchev–Trinajstić information content (AvgIpc) is 3.09. The van der Waals surface area contributed by atoms with Crippen LogP contribution in [0.15, 0.2) is 132 Å². The van der Waals surface area contributed by atoms with Gasteiger partial charge in [0, 0.05) is 23.5 Å². The predicted molar refractivity (Wildman–Crippen MR) is 176 cm³/mol. The fraction of sp³-hybridized carbons (Fsp3) is 0.114. The summed E-state index contributed by atoms with van der Waals surface area (Å²) in [6.45, 7) is -0.208. The fourth-order valence-electron chi connectivity index (χ4n) is 4.67. The van der Waals surface area contributed by atoms with Gasteiger partial charge in [-0.05, 0) is 83.9 Å². The van der Waals surface area contributed by atoms with E-state index in [-0.39, 0.29) is 29.4 Å². The lowest BCUT2D eigenvalue weighted by molar-refractivity contribution is -0.143. The van der Waals surface area contributed by atoms with Gasteiger partial charge in [0.1, 0.15) is 17.6 Å². The van der Waals surface area contributed by atoms with Crippen LogP contribution in [0.5, 0.6) is 5.75 Å². The van der Waals surface area contributed by atoms with Crippen molar-refractivity contribution >= 4 is 39.1 Å². The quantitative estimate of drug-likeness (QED) is 0.155. The molecule has 9 nitrogen and oxygen atoms in total. The van der Waals surface area contributed by atoms with E-state index in [0.29, 0.717) is 16.3 Å². The molecular formula is C35H30ClFN4O5S. The molecule has 47 heavy (non-hydrogen) atoms. The first-order valence-electron chi connectivity index (χ1n) is 14.5. The van der Waals surface area contributed by atoms with Crippen LogP contribution in [0.25, 0.3) is 0 Å². The number of rotatable bonds is 13. The smallest absolute Gasteiger partial charge is 0.261 e. The number of aromatic nitrogens is 1. The van der Waals surface area contributed by atoms with Crippen molar-refractivity contribution in [1.29, 1.82) is 0 Å². The zero-order valence-electron chi connectivity index (χ0n) is 24.9. The first kappa shape index (κ1) is 33.1. The van der Waals surface area contributed by atoms with Crippen molar-refractivity contribution in [3.63, 3.8) is 0 Å². The third-order valence-electron chi connectivity index (χ3n) is 7.02. The van der Waals surface area contributed by atoms with E-state index in [9.17, 15) is 22.4 Å². The van der Waals surface area contributed by atoms with E-state index in [1.165, 1.54) is 41.3 Å². The molecular weight excluding hydrogens is 643 g/mol. The first-order valence-corrected chi connectivity index (χ1v) is 16.3. The zero-order chi connectivity index (χ0) is 33.2. The number of carbonyl (C=O) groups is 2. The number of halogens is 2. The van der Waals surface area contributed by atoms with E-state index in [2.05, 4.69) is 15.0 Å². The summed E-state index contributed by atoms with van der Waals surface area (Å²) in [5.41, 5.74) is 2.20.